The van der Waals surface area contributed by atoms with Crippen molar-refractivity contribution in [2.45, 2.75) is 18.4 Å². The molecule has 5 nitrogen and oxygen atoms in total. The molecule has 0 amide bonds. The van der Waals surface area contributed by atoms with Gasteiger partial charge in [-0.05, 0) is 101 Å². The number of fused-ring (bicyclic) bond motifs is 8. The van der Waals surface area contributed by atoms with E-state index in [9.17, 15) is 0 Å². The lowest BCUT2D eigenvalue weighted by Crippen LogP contribution is -2.34. The van der Waals surface area contributed by atoms with E-state index in [1.807, 2.05) is 36.4 Å². The van der Waals surface area contributed by atoms with Gasteiger partial charge in [-0.25, -0.2) is 0 Å². The van der Waals surface area contributed by atoms with Crippen molar-refractivity contribution in [2.24, 2.45) is 0 Å². The summed E-state index contributed by atoms with van der Waals surface area (Å²) < 4.78 is 29.5. The number of rotatable bonds is 6. The highest BCUT2D eigenvalue weighted by Crippen LogP contribution is 2.52. The maximum Gasteiger partial charge on any atom is 0.178 e. The van der Waals surface area contributed by atoms with E-state index < -0.39 is 5.60 Å². The topological polar surface area (TPSA) is 46.2 Å². The number of hydrogen-bond donors (Lipinski definition) is 0. The second kappa shape index (κ2) is 10.2. The first-order chi connectivity index (χ1) is 20.6. The quantitative estimate of drug-likeness (QED) is 0.212. The zero-order valence-corrected chi connectivity index (χ0v) is 24.2. The van der Waals surface area contributed by atoms with Crippen LogP contribution >= 0.6 is 0 Å². The van der Waals surface area contributed by atoms with E-state index in [0.29, 0.717) is 0 Å². The molecule has 2 aliphatic rings. The Kier molecular flexibility index (Phi) is 6.31. The van der Waals surface area contributed by atoms with Gasteiger partial charge < -0.3 is 23.7 Å². The maximum atomic E-state index is 7.30. The summed E-state index contributed by atoms with van der Waals surface area (Å²) in [4.78, 5) is 0. The van der Waals surface area contributed by atoms with Crippen molar-refractivity contribution in [3.63, 3.8) is 0 Å². The van der Waals surface area contributed by atoms with Crippen LogP contribution in [-0.4, -0.2) is 28.4 Å². The van der Waals surface area contributed by atoms with Gasteiger partial charge >= 0.3 is 0 Å². The number of hydrogen-bond acceptors (Lipinski definition) is 5. The van der Waals surface area contributed by atoms with Gasteiger partial charge in [0.1, 0.15) is 28.7 Å². The Morgan fingerprint density at radius 2 is 1.17 bits per heavy atom. The molecule has 0 radical (unpaired) electrons. The highest BCUT2D eigenvalue weighted by atomic mass is 16.5. The van der Waals surface area contributed by atoms with Crippen LogP contribution in [-0.2, 0) is 18.4 Å². The second-order valence-electron chi connectivity index (χ2n) is 10.7. The molecule has 0 atom stereocenters. The van der Waals surface area contributed by atoms with E-state index >= 15 is 0 Å². The molecule has 0 saturated heterocycles. The molecule has 0 bridgehead atoms. The lowest BCUT2D eigenvalue weighted by atomic mass is 9.77. The summed E-state index contributed by atoms with van der Waals surface area (Å²) in [6.45, 7) is 0. The van der Waals surface area contributed by atoms with Crippen molar-refractivity contribution in [2.75, 3.05) is 28.4 Å². The second-order valence-corrected chi connectivity index (χ2v) is 10.7. The van der Waals surface area contributed by atoms with Crippen molar-refractivity contribution in [3.05, 3.63) is 119 Å². The van der Waals surface area contributed by atoms with E-state index in [0.717, 1.165) is 69.1 Å². The van der Waals surface area contributed by atoms with Gasteiger partial charge in [-0.15, -0.1) is 0 Å². The van der Waals surface area contributed by atoms with Crippen LogP contribution in [0.25, 0.3) is 28.0 Å². The Balaban J connectivity index is 1.50. The number of aryl methyl sites for hydroxylation is 1. The Labute approximate surface area is 245 Å². The highest BCUT2D eigenvalue weighted by molar-refractivity contribution is 6.06. The van der Waals surface area contributed by atoms with Crippen LogP contribution < -0.4 is 23.7 Å². The minimum Gasteiger partial charge on any atom is -0.497 e. The van der Waals surface area contributed by atoms with Crippen molar-refractivity contribution in [1.29, 1.82) is 0 Å². The monoisotopic (exact) mass is 556 g/mol. The van der Waals surface area contributed by atoms with Crippen LogP contribution in [0.4, 0.5) is 0 Å². The van der Waals surface area contributed by atoms with E-state index in [-0.39, 0.29) is 0 Å². The predicted octanol–water partition coefficient (Wildman–Crippen LogP) is 7.99. The van der Waals surface area contributed by atoms with Crippen LogP contribution in [0.3, 0.4) is 0 Å². The van der Waals surface area contributed by atoms with Crippen LogP contribution in [0.2, 0.25) is 0 Å². The van der Waals surface area contributed by atoms with Crippen LogP contribution in [0.1, 0.15) is 27.8 Å². The Hall–Kier alpha value is -4.90. The molecule has 5 aromatic rings. The van der Waals surface area contributed by atoms with Crippen molar-refractivity contribution in [1.82, 2.24) is 0 Å². The molecule has 0 N–H and O–H groups in total. The standard InChI is InChI=1S/C37H32O5/c1-38-26-10-6-24(7-11-26)37(25-8-12-27(39-2)13-9-25)20-19-33-31-16-5-23-21-28(40-3)14-17-30(23)35(31)32-18-15-29(41-4)22-34(32)36(33)42-37/h6-15,17-22H,5,16H2,1-4H3. The van der Waals surface area contributed by atoms with E-state index in [2.05, 4.69) is 60.7 Å². The third kappa shape index (κ3) is 3.99. The van der Waals surface area contributed by atoms with Crippen LogP contribution in [0.15, 0.2) is 91.0 Å². The molecule has 1 aliphatic carbocycles. The van der Waals surface area contributed by atoms with Crippen LogP contribution in [0.5, 0.6) is 28.7 Å². The predicted molar refractivity (Wildman–Crippen MR) is 166 cm³/mol. The van der Waals surface area contributed by atoms with Crippen molar-refractivity contribution >= 4 is 16.8 Å². The fourth-order valence-corrected chi connectivity index (χ4v) is 6.45. The molecule has 210 valence electrons. The molecular formula is C37H32O5. The number of ether oxygens (including phenoxy) is 5. The minimum absolute atomic E-state index is 0.785. The molecule has 0 saturated carbocycles. The molecule has 0 aromatic heterocycles. The van der Waals surface area contributed by atoms with Gasteiger partial charge in [0.25, 0.3) is 0 Å². The summed E-state index contributed by atoms with van der Waals surface area (Å²) in [6, 6.07) is 28.9. The molecule has 0 unspecified atom stereocenters. The zero-order chi connectivity index (χ0) is 28.8. The Morgan fingerprint density at radius 3 is 1.79 bits per heavy atom. The zero-order valence-electron chi connectivity index (χ0n) is 24.2. The number of methoxy groups -OCH3 is 4. The molecule has 1 aliphatic heterocycles. The molecule has 42 heavy (non-hydrogen) atoms. The van der Waals surface area contributed by atoms with Gasteiger partial charge in [0.15, 0.2) is 5.60 Å². The normalized spacial score (nSPS) is 14.3. The van der Waals surface area contributed by atoms with Gasteiger partial charge in [-0.1, -0.05) is 36.4 Å². The molecular weight excluding hydrogens is 524 g/mol. The van der Waals surface area contributed by atoms with Gasteiger partial charge in [-0.2, -0.15) is 0 Å². The molecule has 5 heteroatoms. The van der Waals surface area contributed by atoms with Gasteiger partial charge in [-0.3, -0.25) is 0 Å². The summed E-state index contributed by atoms with van der Waals surface area (Å²) >= 11 is 0. The first-order valence-electron chi connectivity index (χ1n) is 14.1. The average Bonchev–Trinajstić information content (AvgIpc) is 3.07. The SMILES string of the molecule is COc1ccc(C2(c3ccc(OC)cc3)C=Cc3c4c(c5ccc(OC)cc5c3O2)-c2ccc(OC)cc2CC4)cc1. The molecule has 0 fully saturated rings. The summed E-state index contributed by atoms with van der Waals surface area (Å²) in [7, 11) is 6.78. The summed E-state index contributed by atoms with van der Waals surface area (Å²) in [5.74, 6) is 4.11. The molecule has 1 heterocycles. The fourth-order valence-electron chi connectivity index (χ4n) is 6.45. The molecule has 0 spiro atoms. The van der Waals surface area contributed by atoms with E-state index in [1.165, 1.54) is 22.3 Å². The number of benzene rings is 5. The fraction of sp³-hybridized carbons (Fsp3) is 0.189. The Bertz CT molecular complexity index is 1790. The Morgan fingerprint density at radius 1 is 0.595 bits per heavy atom. The average molecular weight is 557 g/mol. The summed E-state index contributed by atoms with van der Waals surface area (Å²) in [5, 5.41) is 2.16. The van der Waals surface area contributed by atoms with E-state index in [1.54, 1.807) is 28.4 Å². The van der Waals surface area contributed by atoms with Gasteiger partial charge in [0, 0.05) is 22.1 Å². The summed E-state index contributed by atoms with van der Waals surface area (Å²) in [6.07, 6.45) is 6.28. The van der Waals surface area contributed by atoms with Crippen molar-refractivity contribution in [3.8, 4) is 39.9 Å². The first kappa shape index (κ1) is 26.0. The van der Waals surface area contributed by atoms with Gasteiger partial charge in [0.2, 0.25) is 0 Å². The molecule has 5 aromatic carbocycles. The summed E-state index contributed by atoms with van der Waals surface area (Å²) in [5.41, 5.74) is 7.35. The lowest BCUT2D eigenvalue weighted by molar-refractivity contribution is 0.163. The smallest absolute Gasteiger partial charge is 0.178 e. The minimum atomic E-state index is -0.865. The third-order valence-electron chi connectivity index (χ3n) is 8.62. The molecule has 7 rings (SSSR count). The third-order valence-corrected chi connectivity index (χ3v) is 8.62. The largest absolute Gasteiger partial charge is 0.497 e. The van der Waals surface area contributed by atoms with Crippen LogP contribution in [0, 0.1) is 0 Å². The van der Waals surface area contributed by atoms with Gasteiger partial charge in [0.05, 0.1) is 28.4 Å². The van der Waals surface area contributed by atoms with Crippen molar-refractivity contribution < 1.29 is 23.7 Å². The lowest BCUT2D eigenvalue weighted by Gasteiger charge is -2.38. The highest BCUT2D eigenvalue weighted by Gasteiger charge is 2.39. The van der Waals surface area contributed by atoms with E-state index in [4.69, 9.17) is 23.7 Å². The maximum absolute atomic E-state index is 7.30. The first-order valence-corrected chi connectivity index (χ1v) is 14.1.